The lowest BCUT2D eigenvalue weighted by Crippen LogP contribution is -2.13. The fourth-order valence-corrected chi connectivity index (χ4v) is 2.33. The molecule has 0 spiro atoms. The van der Waals surface area contributed by atoms with Crippen molar-refractivity contribution in [3.63, 3.8) is 0 Å². The number of hydrogen-bond donors (Lipinski definition) is 0. The average Bonchev–Trinajstić information content (AvgIpc) is 2.75. The van der Waals surface area contributed by atoms with Crippen molar-refractivity contribution in [1.82, 2.24) is 9.97 Å². The monoisotopic (exact) mass is 292 g/mol. The molecule has 86 valence electrons. The van der Waals surface area contributed by atoms with Gasteiger partial charge < -0.3 is 4.42 Å². The van der Waals surface area contributed by atoms with E-state index in [4.69, 9.17) is 4.42 Å². The Labute approximate surface area is 106 Å². The molecule has 0 saturated carbocycles. The van der Waals surface area contributed by atoms with Gasteiger partial charge in [-0.05, 0) is 34.8 Å². The van der Waals surface area contributed by atoms with E-state index in [1.807, 2.05) is 0 Å². The second kappa shape index (κ2) is 4.07. The molecule has 0 saturated heterocycles. The summed E-state index contributed by atoms with van der Waals surface area (Å²) in [5.74, 6) is 1.26. The number of Topliss-reactive ketones (excluding diaryl/α,β-unsaturated/α-hetero) is 1. The van der Waals surface area contributed by atoms with E-state index in [-0.39, 0.29) is 5.78 Å². The zero-order chi connectivity index (χ0) is 11.8. The summed E-state index contributed by atoms with van der Waals surface area (Å²) >= 11 is 3.37. The summed E-state index contributed by atoms with van der Waals surface area (Å²) in [4.78, 5) is 20.2. The van der Waals surface area contributed by atoms with Crippen LogP contribution < -0.4 is 0 Å². The third kappa shape index (κ3) is 1.80. The van der Waals surface area contributed by atoms with Gasteiger partial charge in [-0.3, -0.25) is 4.79 Å². The summed E-state index contributed by atoms with van der Waals surface area (Å²) < 4.78 is 6.13. The number of nitrogens with zero attached hydrogens (tertiary/aromatic N) is 2. The third-order valence-electron chi connectivity index (χ3n) is 2.81. The number of hydrogen-bond acceptors (Lipinski definition) is 4. The Kier molecular flexibility index (Phi) is 2.55. The maximum Gasteiger partial charge on any atom is 0.197 e. The summed E-state index contributed by atoms with van der Waals surface area (Å²) in [5.41, 5.74) is 1.48. The molecular formula is C12H9BrN2O2. The second-order valence-electron chi connectivity index (χ2n) is 3.93. The van der Waals surface area contributed by atoms with E-state index >= 15 is 0 Å². The zero-order valence-corrected chi connectivity index (χ0v) is 10.5. The first-order chi connectivity index (χ1) is 8.25. The van der Waals surface area contributed by atoms with E-state index in [0.717, 1.165) is 23.0 Å². The van der Waals surface area contributed by atoms with E-state index < -0.39 is 0 Å². The summed E-state index contributed by atoms with van der Waals surface area (Å²) in [7, 11) is 0. The van der Waals surface area contributed by atoms with E-state index in [2.05, 4.69) is 25.9 Å². The molecule has 2 aromatic heterocycles. The van der Waals surface area contributed by atoms with Crippen molar-refractivity contribution in [2.24, 2.45) is 0 Å². The van der Waals surface area contributed by atoms with Gasteiger partial charge in [0.25, 0.3) is 0 Å². The van der Waals surface area contributed by atoms with Crippen molar-refractivity contribution in [3.05, 3.63) is 34.3 Å². The van der Waals surface area contributed by atoms with Crippen molar-refractivity contribution in [2.75, 3.05) is 0 Å². The predicted octanol–water partition coefficient (Wildman–Crippen LogP) is 3.02. The molecule has 0 radical (unpaired) electrons. The molecule has 0 bridgehead atoms. The van der Waals surface area contributed by atoms with Gasteiger partial charge in [0, 0.05) is 12.6 Å². The minimum atomic E-state index is 0.135. The lowest BCUT2D eigenvalue weighted by Gasteiger charge is -2.13. The normalized spacial score (nSPS) is 14.8. The summed E-state index contributed by atoms with van der Waals surface area (Å²) in [6, 6.07) is 1.79. The highest BCUT2D eigenvalue weighted by molar-refractivity contribution is 9.10. The zero-order valence-electron chi connectivity index (χ0n) is 8.94. The molecule has 0 atom stereocenters. The highest BCUT2D eigenvalue weighted by Crippen LogP contribution is 2.28. The Balaban J connectivity index is 2.10. The van der Waals surface area contributed by atoms with Crippen LogP contribution in [0.5, 0.6) is 0 Å². The molecule has 0 fully saturated rings. The molecule has 3 rings (SSSR count). The topological polar surface area (TPSA) is 56.0 Å². The minimum absolute atomic E-state index is 0.135. The average molecular weight is 293 g/mol. The first-order valence-electron chi connectivity index (χ1n) is 5.38. The van der Waals surface area contributed by atoms with Gasteiger partial charge in [0.2, 0.25) is 0 Å². The van der Waals surface area contributed by atoms with Gasteiger partial charge in [-0.15, -0.1) is 0 Å². The molecule has 0 aliphatic heterocycles. The van der Waals surface area contributed by atoms with Crippen molar-refractivity contribution >= 4 is 21.7 Å². The lowest BCUT2D eigenvalue weighted by molar-refractivity contribution is 0.0971. The number of carbonyl (C=O) groups is 1. The van der Waals surface area contributed by atoms with Crippen LogP contribution in [0.1, 0.15) is 28.9 Å². The molecule has 0 N–H and O–H groups in total. The standard InChI is InChI=1S/C12H9BrN2O2/c13-8-4-5-17-11(8)12-14-6-7-9(15-12)2-1-3-10(7)16/h4-6H,1-3H2. The van der Waals surface area contributed by atoms with E-state index in [1.165, 1.54) is 0 Å². The second-order valence-corrected chi connectivity index (χ2v) is 4.78. The van der Waals surface area contributed by atoms with Crippen molar-refractivity contribution in [1.29, 1.82) is 0 Å². The molecule has 2 heterocycles. The molecule has 2 aromatic rings. The number of carbonyl (C=O) groups excluding carboxylic acids is 1. The molecule has 0 unspecified atom stereocenters. The van der Waals surface area contributed by atoms with E-state index in [9.17, 15) is 4.79 Å². The SMILES string of the molecule is O=C1CCCc2nc(-c3occc3Br)ncc21. The van der Waals surface area contributed by atoms with Gasteiger partial charge in [0.1, 0.15) is 0 Å². The molecule has 0 amide bonds. The van der Waals surface area contributed by atoms with Crippen LogP contribution in [-0.2, 0) is 6.42 Å². The first-order valence-corrected chi connectivity index (χ1v) is 6.17. The number of rotatable bonds is 1. The summed E-state index contributed by atoms with van der Waals surface area (Å²) in [5, 5.41) is 0. The van der Waals surface area contributed by atoms with Gasteiger partial charge in [0.05, 0.1) is 22.0 Å². The van der Waals surface area contributed by atoms with Crippen LogP contribution in [0, 0.1) is 0 Å². The molecule has 17 heavy (non-hydrogen) atoms. The Bertz CT molecular complexity index is 592. The highest BCUT2D eigenvalue weighted by Gasteiger charge is 2.20. The molecule has 4 nitrogen and oxygen atoms in total. The van der Waals surface area contributed by atoms with Gasteiger partial charge in [-0.2, -0.15) is 0 Å². The summed E-state index contributed by atoms with van der Waals surface area (Å²) in [6.45, 7) is 0. The Morgan fingerprint density at radius 2 is 2.24 bits per heavy atom. The fourth-order valence-electron chi connectivity index (χ4n) is 1.95. The number of ketones is 1. The highest BCUT2D eigenvalue weighted by atomic mass is 79.9. The fraction of sp³-hybridized carbons (Fsp3) is 0.250. The van der Waals surface area contributed by atoms with Gasteiger partial charge in [0.15, 0.2) is 17.4 Å². The van der Waals surface area contributed by atoms with Crippen LogP contribution in [0.4, 0.5) is 0 Å². The van der Waals surface area contributed by atoms with Crippen LogP contribution in [0.2, 0.25) is 0 Å². The van der Waals surface area contributed by atoms with E-state index in [0.29, 0.717) is 23.6 Å². The molecule has 1 aliphatic carbocycles. The number of aromatic nitrogens is 2. The molecule has 5 heteroatoms. The number of fused-ring (bicyclic) bond motifs is 1. The Morgan fingerprint density at radius 3 is 3.00 bits per heavy atom. The smallest absolute Gasteiger partial charge is 0.197 e. The largest absolute Gasteiger partial charge is 0.460 e. The van der Waals surface area contributed by atoms with Crippen molar-refractivity contribution in [2.45, 2.75) is 19.3 Å². The maximum absolute atomic E-state index is 11.6. The van der Waals surface area contributed by atoms with Crippen LogP contribution in [0.3, 0.4) is 0 Å². The van der Waals surface area contributed by atoms with Crippen molar-refractivity contribution < 1.29 is 9.21 Å². The molecule has 0 aromatic carbocycles. The quantitative estimate of drug-likeness (QED) is 0.811. The lowest BCUT2D eigenvalue weighted by atomic mass is 9.96. The maximum atomic E-state index is 11.6. The van der Waals surface area contributed by atoms with E-state index in [1.54, 1.807) is 18.5 Å². The van der Waals surface area contributed by atoms with Crippen LogP contribution in [0.25, 0.3) is 11.6 Å². The van der Waals surface area contributed by atoms with Crippen LogP contribution >= 0.6 is 15.9 Å². The number of furan rings is 1. The van der Waals surface area contributed by atoms with Gasteiger partial charge in [-0.1, -0.05) is 0 Å². The van der Waals surface area contributed by atoms with Crippen LogP contribution in [-0.4, -0.2) is 15.8 Å². The number of aryl methyl sites for hydroxylation is 1. The van der Waals surface area contributed by atoms with Crippen LogP contribution in [0.15, 0.2) is 27.4 Å². The van der Waals surface area contributed by atoms with Crippen molar-refractivity contribution in [3.8, 4) is 11.6 Å². The molecular weight excluding hydrogens is 284 g/mol. The van der Waals surface area contributed by atoms with Gasteiger partial charge in [-0.25, -0.2) is 9.97 Å². The molecule has 1 aliphatic rings. The summed E-state index contributed by atoms with van der Waals surface area (Å²) in [6.07, 6.45) is 5.47. The predicted molar refractivity (Wildman–Crippen MR) is 64.7 cm³/mol. The third-order valence-corrected chi connectivity index (χ3v) is 3.43. The Hall–Kier alpha value is -1.49. The number of halogens is 1. The first kappa shape index (κ1) is 10.7. The van der Waals surface area contributed by atoms with Gasteiger partial charge >= 0.3 is 0 Å². The Morgan fingerprint density at radius 1 is 1.35 bits per heavy atom. The minimum Gasteiger partial charge on any atom is -0.460 e.